The number of hydrogen-bond acceptors (Lipinski definition) is 3. The predicted octanol–water partition coefficient (Wildman–Crippen LogP) is 5.69. The molecular formula is C20H19IN2OS. The maximum absolute atomic E-state index is 12.4. The number of benzene rings is 2. The molecule has 3 nitrogen and oxygen atoms in total. The van der Waals surface area contributed by atoms with Gasteiger partial charge in [0.1, 0.15) is 0 Å². The van der Waals surface area contributed by atoms with Gasteiger partial charge in [-0.3, -0.25) is 9.78 Å². The zero-order chi connectivity index (χ0) is 17.8. The first-order valence-electron chi connectivity index (χ1n) is 8.10. The third-order valence-electron chi connectivity index (χ3n) is 3.86. The van der Waals surface area contributed by atoms with Gasteiger partial charge < -0.3 is 5.32 Å². The van der Waals surface area contributed by atoms with Crippen molar-refractivity contribution in [3.63, 3.8) is 0 Å². The molecule has 0 unspecified atom stereocenters. The van der Waals surface area contributed by atoms with Crippen LogP contribution in [-0.4, -0.2) is 16.6 Å². The Morgan fingerprint density at radius 3 is 2.80 bits per heavy atom. The van der Waals surface area contributed by atoms with Crippen LogP contribution in [0, 0.1) is 3.57 Å². The Bertz CT molecular complexity index is 906. The number of pyridine rings is 1. The van der Waals surface area contributed by atoms with Gasteiger partial charge in [0.2, 0.25) is 5.91 Å². The third kappa shape index (κ3) is 4.52. The van der Waals surface area contributed by atoms with Crippen LogP contribution in [0.5, 0.6) is 0 Å². The Hall–Kier alpha value is -1.60. The van der Waals surface area contributed by atoms with E-state index in [-0.39, 0.29) is 5.91 Å². The summed E-state index contributed by atoms with van der Waals surface area (Å²) in [6.45, 7) is 4.27. The van der Waals surface area contributed by atoms with E-state index in [1.807, 2.05) is 42.5 Å². The minimum Gasteiger partial charge on any atom is -0.325 e. The largest absolute Gasteiger partial charge is 0.325 e. The average Bonchev–Trinajstić information content (AvgIpc) is 2.61. The van der Waals surface area contributed by atoms with Crippen LogP contribution >= 0.6 is 34.4 Å². The minimum atomic E-state index is 0.000965. The van der Waals surface area contributed by atoms with Crippen LogP contribution in [0.3, 0.4) is 0 Å². The lowest BCUT2D eigenvalue weighted by molar-refractivity contribution is -0.113. The van der Waals surface area contributed by atoms with Crippen molar-refractivity contribution in [2.45, 2.75) is 24.7 Å². The van der Waals surface area contributed by atoms with E-state index in [9.17, 15) is 4.79 Å². The highest BCUT2D eigenvalue weighted by atomic mass is 127. The van der Waals surface area contributed by atoms with E-state index in [1.54, 1.807) is 6.20 Å². The molecule has 0 radical (unpaired) electrons. The van der Waals surface area contributed by atoms with E-state index >= 15 is 0 Å². The maximum Gasteiger partial charge on any atom is 0.234 e. The molecule has 0 atom stereocenters. The van der Waals surface area contributed by atoms with Crippen LogP contribution in [0.4, 0.5) is 5.69 Å². The zero-order valence-electron chi connectivity index (χ0n) is 14.1. The molecule has 1 amide bonds. The molecule has 1 N–H and O–H groups in total. The van der Waals surface area contributed by atoms with Crippen LogP contribution in [0.1, 0.15) is 25.3 Å². The number of thioether (sulfide) groups is 1. The highest BCUT2D eigenvalue weighted by Gasteiger charge is 2.11. The molecule has 128 valence electrons. The van der Waals surface area contributed by atoms with Crippen molar-refractivity contribution in [1.82, 2.24) is 4.98 Å². The first-order chi connectivity index (χ1) is 12.0. The number of halogens is 1. The van der Waals surface area contributed by atoms with Crippen molar-refractivity contribution in [2.24, 2.45) is 0 Å². The van der Waals surface area contributed by atoms with Gasteiger partial charge in [0.25, 0.3) is 0 Å². The molecule has 5 heteroatoms. The Morgan fingerprint density at radius 2 is 2.00 bits per heavy atom. The van der Waals surface area contributed by atoms with Gasteiger partial charge in [-0.25, -0.2) is 0 Å². The van der Waals surface area contributed by atoms with E-state index in [0.29, 0.717) is 11.7 Å². The lowest BCUT2D eigenvalue weighted by atomic mass is 10.0. The lowest BCUT2D eigenvalue weighted by Crippen LogP contribution is -2.15. The molecule has 2 aromatic carbocycles. The summed E-state index contributed by atoms with van der Waals surface area (Å²) < 4.78 is 1.18. The van der Waals surface area contributed by atoms with Crippen LogP contribution in [0.2, 0.25) is 0 Å². The molecule has 0 aliphatic rings. The molecule has 3 aromatic rings. The fourth-order valence-electron chi connectivity index (χ4n) is 2.65. The number of hydrogen-bond donors (Lipinski definition) is 1. The Labute approximate surface area is 165 Å². The van der Waals surface area contributed by atoms with Gasteiger partial charge in [-0.1, -0.05) is 32.0 Å². The molecule has 0 saturated carbocycles. The number of nitrogens with one attached hydrogen (secondary N) is 1. The predicted molar refractivity (Wildman–Crippen MR) is 114 cm³/mol. The summed E-state index contributed by atoms with van der Waals surface area (Å²) in [7, 11) is 0. The number of fused-ring (bicyclic) bond motifs is 1. The fraction of sp³-hybridized carbons (Fsp3) is 0.200. The second-order valence-corrected chi connectivity index (χ2v) is 8.32. The van der Waals surface area contributed by atoms with Crippen molar-refractivity contribution < 1.29 is 4.79 Å². The molecule has 0 spiro atoms. The highest BCUT2D eigenvalue weighted by molar-refractivity contribution is 14.1. The second-order valence-electron chi connectivity index (χ2n) is 6.05. The van der Waals surface area contributed by atoms with Crippen LogP contribution in [0.15, 0.2) is 59.6 Å². The van der Waals surface area contributed by atoms with Gasteiger partial charge >= 0.3 is 0 Å². The maximum atomic E-state index is 12.4. The first-order valence-corrected chi connectivity index (χ1v) is 10.2. The number of anilines is 1. The van der Waals surface area contributed by atoms with E-state index in [2.05, 4.69) is 52.8 Å². The van der Waals surface area contributed by atoms with Gasteiger partial charge in [0.15, 0.2) is 0 Å². The van der Waals surface area contributed by atoms with Crippen LogP contribution < -0.4 is 5.32 Å². The Balaban J connectivity index is 1.71. The number of para-hydroxylation sites is 1. The number of nitrogens with zero attached hydrogens (tertiary/aromatic N) is 1. The summed E-state index contributed by atoms with van der Waals surface area (Å²) in [6, 6.07) is 16.1. The minimum absolute atomic E-state index is 0.000965. The van der Waals surface area contributed by atoms with E-state index in [4.69, 9.17) is 0 Å². The summed E-state index contributed by atoms with van der Waals surface area (Å²) in [5.74, 6) is 0.722. The molecule has 0 bridgehead atoms. The van der Waals surface area contributed by atoms with Gasteiger partial charge in [0.05, 0.1) is 11.3 Å². The SMILES string of the molecule is CC(C)c1cc(I)ccc1NC(=O)CSc1cccc2cccnc12. The monoisotopic (exact) mass is 462 g/mol. The molecule has 0 fully saturated rings. The highest BCUT2D eigenvalue weighted by Crippen LogP contribution is 2.28. The summed E-state index contributed by atoms with van der Waals surface area (Å²) in [4.78, 5) is 17.9. The zero-order valence-corrected chi connectivity index (χ0v) is 17.1. The van der Waals surface area contributed by atoms with Crippen molar-refractivity contribution in [3.05, 3.63) is 63.9 Å². The quantitative estimate of drug-likeness (QED) is 0.391. The lowest BCUT2D eigenvalue weighted by Gasteiger charge is -2.14. The third-order valence-corrected chi connectivity index (χ3v) is 5.58. The van der Waals surface area contributed by atoms with Gasteiger partial charge in [-0.2, -0.15) is 0 Å². The summed E-state index contributed by atoms with van der Waals surface area (Å²) in [5.41, 5.74) is 3.01. The second kappa shape index (κ2) is 8.19. The Kier molecular flexibility index (Phi) is 5.96. The molecule has 1 heterocycles. The number of rotatable bonds is 5. The van der Waals surface area contributed by atoms with Crippen LogP contribution in [-0.2, 0) is 4.79 Å². The number of carbonyl (C=O) groups excluding carboxylic acids is 1. The number of amides is 1. The standard InChI is InChI=1S/C20H19IN2OS/c1-13(2)16-11-15(21)8-9-17(16)23-19(24)12-25-18-7-3-5-14-6-4-10-22-20(14)18/h3-11,13H,12H2,1-2H3,(H,23,24). The van der Waals surface area contributed by atoms with Crippen molar-refractivity contribution in [2.75, 3.05) is 11.1 Å². The van der Waals surface area contributed by atoms with Gasteiger partial charge in [0, 0.05) is 25.7 Å². The summed E-state index contributed by atoms with van der Waals surface area (Å²) in [6.07, 6.45) is 1.78. The molecule has 0 aliphatic heterocycles. The fourth-order valence-corrected chi connectivity index (χ4v) is 4.00. The topological polar surface area (TPSA) is 42.0 Å². The van der Waals surface area contributed by atoms with E-state index in [0.717, 1.165) is 27.0 Å². The van der Waals surface area contributed by atoms with Gasteiger partial charge in [-0.15, -0.1) is 11.8 Å². The normalized spacial score (nSPS) is 11.0. The molecule has 1 aromatic heterocycles. The number of aromatic nitrogens is 1. The average molecular weight is 462 g/mol. The Morgan fingerprint density at radius 1 is 1.20 bits per heavy atom. The summed E-state index contributed by atoms with van der Waals surface area (Å²) >= 11 is 3.82. The van der Waals surface area contributed by atoms with E-state index < -0.39 is 0 Å². The van der Waals surface area contributed by atoms with Crippen molar-refractivity contribution >= 4 is 56.9 Å². The van der Waals surface area contributed by atoms with E-state index in [1.165, 1.54) is 15.3 Å². The van der Waals surface area contributed by atoms with Crippen molar-refractivity contribution in [3.8, 4) is 0 Å². The first kappa shape index (κ1) is 18.2. The van der Waals surface area contributed by atoms with Gasteiger partial charge in [-0.05, 0) is 64.4 Å². The van der Waals surface area contributed by atoms with Crippen LogP contribution in [0.25, 0.3) is 10.9 Å². The summed E-state index contributed by atoms with van der Waals surface area (Å²) in [5, 5.41) is 4.14. The smallest absolute Gasteiger partial charge is 0.234 e. The van der Waals surface area contributed by atoms with Crippen molar-refractivity contribution in [1.29, 1.82) is 0 Å². The molecular weight excluding hydrogens is 443 g/mol. The molecule has 3 rings (SSSR count). The number of carbonyl (C=O) groups is 1. The molecule has 25 heavy (non-hydrogen) atoms. The molecule has 0 aliphatic carbocycles. The molecule has 0 saturated heterocycles.